The number of H-pyrrole nitrogens is 1. The molecule has 1 fully saturated rings. The summed E-state index contributed by atoms with van der Waals surface area (Å²) in [5, 5.41) is 8.97. The molecule has 1 aliphatic rings. The van der Waals surface area contributed by atoms with Crippen LogP contribution in [0.3, 0.4) is 0 Å². The largest absolute Gasteiger partial charge is 0.397 e. The highest BCUT2D eigenvalue weighted by Gasteiger charge is 2.18. The molecule has 2 heterocycles. The fourth-order valence-corrected chi connectivity index (χ4v) is 1.86. The van der Waals surface area contributed by atoms with Gasteiger partial charge in [-0.05, 0) is 12.8 Å². The second kappa shape index (κ2) is 3.65. The maximum Gasteiger partial charge on any atom is 0.251 e. The SMILES string of the molecule is N#Cc1c(N)cc(=O)[nH]c1N1CCCC1. The van der Waals surface area contributed by atoms with Crippen LogP contribution in [0, 0.1) is 11.3 Å². The molecule has 5 heteroatoms. The fraction of sp³-hybridized carbons (Fsp3) is 0.400. The zero-order valence-electron chi connectivity index (χ0n) is 8.29. The van der Waals surface area contributed by atoms with E-state index in [2.05, 4.69) is 4.98 Å². The van der Waals surface area contributed by atoms with Crippen LogP contribution in [0.15, 0.2) is 10.9 Å². The Labute approximate surface area is 87.1 Å². The van der Waals surface area contributed by atoms with Gasteiger partial charge in [-0.3, -0.25) is 4.79 Å². The molecule has 1 aromatic heterocycles. The molecule has 5 nitrogen and oxygen atoms in total. The summed E-state index contributed by atoms with van der Waals surface area (Å²) in [6, 6.07) is 3.28. The minimum absolute atomic E-state index is 0.253. The summed E-state index contributed by atoms with van der Waals surface area (Å²) in [6.45, 7) is 1.74. The number of anilines is 2. The van der Waals surface area contributed by atoms with Gasteiger partial charge in [-0.2, -0.15) is 5.26 Å². The number of nitriles is 1. The van der Waals surface area contributed by atoms with Crippen LogP contribution in [0.5, 0.6) is 0 Å². The maximum absolute atomic E-state index is 11.3. The third kappa shape index (κ3) is 1.66. The van der Waals surface area contributed by atoms with Gasteiger partial charge in [0.1, 0.15) is 17.5 Å². The van der Waals surface area contributed by atoms with E-state index in [1.165, 1.54) is 6.07 Å². The molecule has 0 radical (unpaired) electrons. The van der Waals surface area contributed by atoms with E-state index in [9.17, 15) is 4.79 Å². The lowest BCUT2D eigenvalue weighted by Gasteiger charge is -2.18. The number of nitrogens with two attached hydrogens (primary N) is 1. The number of aromatic amines is 1. The lowest BCUT2D eigenvalue weighted by molar-refractivity contribution is 0.927. The van der Waals surface area contributed by atoms with E-state index in [4.69, 9.17) is 11.0 Å². The third-order valence-corrected chi connectivity index (χ3v) is 2.59. The first-order valence-electron chi connectivity index (χ1n) is 4.90. The molecule has 0 bridgehead atoms. The van der Waals surface area contributed by atoms with Gasteiger partial charge >= 0.3 is 0 Å². The number of pyridine rings is 1. The average Bonchev–Trinajstić information content (AvgIpc) is 2.69. The van der Waals surface area contributed by atoms with E-state index in [0.29, 0.717) is 11.4 Å². The molecule has 0 spiro atoms. The first-order chi connectivity index (χ1) is 7.22. The molecule has 0 aliphatic carbocycles. The number of aromatic nitrogens is 1. The van der Waals surface area contributed by atoms with Crippen molar-refractivity contribution in [3.05, 3.63) is 22.0 Å². The number of hydrogen-bond donors (Lipinski definition) is 2. The molecule has 0 aromatic carbocycles. The summed E-state index contributed by atoms with van der Waals surface area (Å²) in [6.07, 6.45) is 2.17. The number of nitrogens with one attached hydrogen (secondary N) is 1. The molecular weight excluding hydrogens is 192 g/mol. The standard InChI is InChI=1S/C10H12N4O/c11-6-7-8(12)5-9(15)13-10(7)14-3-1-2-4-14/h5H,1-4H2,(H3,12,13,15). The van der Waals surface area contributed by atoms with Crippen molar-refractivity contribution in [2.45, 2.75) is 12.8 Å². The van der Waals surface area contributed by atoms with Crippen LogP contribution in [0.25, 0.3) is 0 Å². The summed E-state index contributed by atoms with van der Waals surface area (Å²) in [7, 11) is 0. The summed E-state index contributed by atoms with van der Waals surface area (Å²) in [5.41, 5.74) is 6.00. The van der Waals surface area contributed by atoms with Crippen molar-refractivity contribution in [3.63, 3.8) is 0 Å². The Morgan fingerprint density at radius 1 is 1.47 bits per heavy atom. The topological polar surface area (TPSA) is 85.9 Å². The van der Waals surface area contributed by atoms with E-state index in [1.54, 1.807) is 0 Å². The van der Waals surface area contributed by atoms with E-state index in [0.717, 1.165) is 25.9 Å². The molecule has 1 aliphatic heterocycles. The fourth-order valence-electron chi connectivity index (χ4n) is 1.86. The Balaban J connectivity index is 2.53. The van der Waals surface area contributed by atoms with Crippen molar-refractivity contribution in [1.29, 1.82) is 5.26 Å². The molecular formula is C10H12N4O. The van der Waals surface area contributed by atoms with Gasteiger partial charge in [0.25, 0.3) is 5.56 Å². The second-order valence-electron chi connectivity index (χ2n) is 3.62. The monoisotopic (exact) mass is 204 g/mol. The smallest absolute Gasteiger partial charge is 0.251 e. The van der Waals surface area contributed by atoms with Crippen molar-refractivity contribution in [1.82, 2.24) is 4.98 Å². The Bertz CT molecular complexity index is 465. The Morgan fingerprint density at radius 2 is 2.13 bits per heavy atom. The molecule has 1 saturated heterocycles. The highest BCUT2D eigenvalue weighted by molar-refractivity contribution is 5.66. The van der Waals surface area contributed by atoms with Crippen LogP contribution in [0.2, 0.25) is 0 Å². The molecule has 0 amide bonds. The van der Waals surface area contributed by atoms with Gasteiger partial charge in [0.15, 0.2) is 0 Å². The first-order valence-corrected chi connectivity index (χ1v) is 4.90. The van der Waals surface area contributed by atoms with Crippen molar-refractivity contribution in [2.24, 2.45) is 0 Å². The van der Waals surface area contributed by atoms with Crippen LogP contribution in [-0.2, 0) is 0 Å². The van der Waals surface area contributed by atoms with Crippen LogP contribution in [-0.4, -0.2) is 18.1 Å². The molecule has 2 rings (SSSR count). The number of rotatable bonds is 1. The Morgan fingerprint density at radius 3 is 2.73 bits per heavy atom. The van der Waals surface area contributed by atoms with Crippen molar-refractivity contribution < 1.29 is 0 Å². The minimum atomic E-state index is -0.256. The first kappa shape index (κ1) is 9.59. The summed E-state index contributed by atoms with van der Waals surface area (Å²) < 4.78 is 0. The van der Waals surface area contributed by atoms with Gasteiger partial charge in [0.05, 0.1) is 5.69 Å². The van der Waals surface area contributed by atoms with Gasteiger partial charge < -0.3 is 15.6 Å². The molecule has 0 unspecified atom stereocenters. The van der Waals surface area contributed by atoms with Gasteiger partial charge in [0, 0.05) is 19.2 Å². The van der Waals surface area contributed by atoms with E-state index in [1.807, 2.05) is 11.0 Å². The highest BCUT2D eigenvalue weighted by Crippen LogP contribution is 2.23. The molecule has 0 saturated carbocycles. The lowest BCUT2D eigenvalue weighted by atomic mass is 10.2. The van der Waals surface area contributed by atoms with Gasteiger partial charge in [-0.15, -0.1) is 0 Å². The summed E-state index contributed by atoms with van der Waals surface area (Å²) in [5.74, 6) is 0.569. The van der Waals surface area contributed by atoms with Crippen molar-refractivity contribution in [2.75, 3.05) is 23.7 Å². The third-order valence-electron chi connectivity index (χ3n) is 2.59. The molecule has 3 N–H and O–H groups in total. The molecule has 15 heavy (non-hydrogen) atoms. The predicted octanol–water partition coefficient (Wildman–Crippen LogP) is 0.429. The summed E-state index contributed by atoms with van der Waals surface area (Å²) in [4.78, 5) is 15.9. The van der Waals surface area contributed by atoms with Crippen LogP contribution in [0.4, 0.5) is 11.5 Å². The van der Waals surface area contributed by atoms with E-state index >= 15 is 0 Å². The zero-order chi connectivity index (χ0) is 10.8. The minimum Gasteiger partial charge on any atom is -0.397 e. The van der Waals surface area contributed by atoms with Crippen LogP contribution in [0.1, 0.15) is 18.4 Å². The van der Waals surface area contributed by atoms with Crippen molar-refractivity contribution >= 4 is 11.5 Å². The van der Waals surface area contributed by atoms with E-state index < -0.39 is 0 Å². The highest BCUT2D eigenvalue weighted by atomic mass is 16.1. The lowest BCUT2D eigenvalue weighted by Crippen LogP contribution is -2.24. The molecule has 78 valence electrons. The van der Waals surface area contributed by atoms with Gasteiger partial charge in [0.2, 0.25) is 0 Å². The van der Waals surface area contributed by atoms with E-state index in [-0.39, 0.29) is 11.2 Å². The number of nitrogen functional groups attached to an aromatic ring is 1. The quantitative estimate of drug-likeness (QED) is 0.694. The number of nitrogens with zero attached hydrogens (tertiary/aromatic N) is 2. The molecule has 1 aromatic rings. The second-order valence-corrected chi connectivity index (χ2v) is 3.62. The summed E-state index contributed by atoms with van der Waals surface area (Å²) >= 11 is 0. The molecule has 0 atom stereocenters. The zero-order valence-corrected chi connectivity index (χ0v) is 8.29. The number of hydrogen-bond acceptors (Lipinski definition) is 4. The normalized spacial score (nSPS) is 15.3. The predicted molar refractivity (Wildman–Crippen MR) is 57.6 cm³/mol. The Kier molecular flexibility index (Phi) is 2.34. The Hall–Kier alpha value is -1.96. The van der Waals surface area contributed by atoms with Crippen LogP contribution < -0.4 is 16.2 Å². The van der Waals surface area contributed by atoms with Crippen molar-refractivity contribution in [3.8, 4) is 6.07 Å². The van der Waals surface area contributed by atoms with Gasteiger partial charge in [-0.25, -0.2) is 0 Å². The van der Waals surface area contributed by atoms with Gasteiger partial charge in [-0.1, -0.05) is 0 Å². The maximum atomic E-state index is 11.3. The average molecular weight is 204 g/mol. The van der Waals surface area contributed by atoms with Crippen LogP contribution >= 0.6 is 0 Å².